The third kappa shape index (κ3) is 2.55. The van der Waals surface area contributed by atoms with Gasteiger partial charge in [-0.3, -0.25) is 0 Å². The molecule has 0 saturated carbocycles. The molecule has 0 amide bonds. The predicted octanol–water partition coefficient (Wildman–Crippen LogP) is 4.58. The summed E-state index contributed by atoms with van der Waals surface area (Å²) in [6, 6.07) is 8.55. The highest BCUT2D eigenvalue weighted by molar-refractivity contribution is 9.10. The second-order valence-corrected chi connectivity index (χ2v) is 5.51. The van der Waals surface area contributed by atoms with E-state index in [1.165, 1.54) is 6.07 Å². The van der Waals surface area contributed by atoms with Crippen LogP contribution >= 0.6 is 27.5 Å². The first-order valence-electron chi connectivity index (χ1n) is 5.91. The summed E-state index contributed by atoms with van der Waals surface area (Å²) in [5, 5.41) is 3.11. The van der Waals surface area contributed by atoms with Crippen LogP contribution in [0.1, 0.15) is 5.56 Å². The first kappa shape index (κ1) is 13.5. The highest BCUT2D eigenvalue weighted by Crippen LogP contribution is 2.37. The Bertz CT molecular complexity index is 666. The molecule has 104 valence electrons. The lowest BCUT2D eigenvalue weighted by Gasteiger charge is -2.10. The van der Waals surface area contributed by atoms with Gasteiger partial charge in [-0.15, -0.1) is 0 Å². The number of fused-ring (bicyclic) bond motifs is 1. The number of rotatable bonds is 3. The smallest absolute Gasteiger partial charge is 0.231 e. The molecule has 3 nitrogen and oxygen atoms in total. The van der Waals surface area contributed by atoms with Crippen LogP contribution in [0, 0.1) is 5.82 Å². The summed E-state index contributed by atoms with van der Waals surface area (Å²) in [5.74, 6) is 0.942. The standard InChI is InChI=1S/C14H10BrClFNO2/c15-9-5-13-12(19-7-20-13)4-8(9)6-18-11-3-1-2-10(16)14(11)17/h1-5,18H,6-7H2. The molecule has 3 rings (SSSR count). The summed E-state index contributed by atoms with van der Waals surface area (Å²) in [4.78, 5) is 0. The third-order valence-electron chi connectivity index (χ3n) is 2.96. The Morgan fingerprint density at radius 2 is 2.00 bits per heavy atom. The van der Waals surface area contributed by atoms with E-state index in [1.807, 2.05) is 12.1 Å². The van der Waals surface area contributed by atoms with E-state index in [2.05, 4.69) is 21.2 Å². The zero-order valence-corrected chi connectivity index (χ0v) is 12.6. The number of anilines is 1. The highest BCUT2D eigenvalue weighted by atomic mass is 79.9. The topological polar surface area (TPSA) is 30.5 Å². The molecular formula is C14H10BrClFNO2. The molecule has 0 spiro atoms. The van der Waals surface area contributed by atoms with E-state index in [4.69, 9.17) is 21.1 Å². The molecule has 0 atom stereocenters. The third-order valence-corrected chi connectivity index (χ3v) is 3.99. The van der Waals surface area contributed by atoms with Gasteiger partial charge in [-0.05, 0) is 29.8 Å². The summed E-state index contributed by atoms with van der Waals surface area (Å²) >= 11 is 9.20. The molecule has 1 aliphatic heterocycles. The van der Waals surface area contributed by atoms with E-state index >= 15 is 0 Å². The lowest BCUT2D eigenvalue weighted by Crippen LogP contribution is -2.02. The molecule has 2 aromatic rings. The second-order valence-electron chi connectivity index (χ2n) is 4.25. The molecule has 2 aromatic carbocycles. The van der Waals surface area contributed by atoms with Crippen LogP contribution in [-0.4, -0.2) is 6.79 Å². The number of nitrogens with one attached hydrogen (secondary N) is 1. The Morgan fingerprint density at radius 3 is 2.80 bits per heavy atom. The SMILES string of the molecule is Fc1c(Cl)cccc1NCc1cc2c(cc1Br)OCO2. The molecule has 6 heteroatoms. The Morgan fingerprint density at radius 1 is 1.25 bits per heavy atom. The fourth-order valence-corrected chi connectivity index (χ4v) is 2.56. The van der Waals surface area contributed by atoms with Gasteiger partial charge < -0.3 is 14.8 Å². The number of hydrogen-bond donors (Lipinski definition) is 1. The minimum Gasteiger partial charge on any atom is -0.454 e. The molecule has 0 unspecified atom stereocenters. The van der Waals surface area contributed by atoms with Gasteiger partial charge in [0.15, 0.2) is 17.3 Å². The Kier molecular flexibility index (Phi) is 3.72. The lowest BCUT2D eigenvalue weighted by atomic mass is 10.2. The van der Waals surface area contributed by atoms with Crippen LogP contribution in [0.25, 0.3) is 0 Å². The van der Waals surface area contributed by atoms with Crippen molar-refractivity contribution in [2.24, 2.45) is 0 Å². The van der Waals surface area contributed by atoms with Crippen LogP contribution in [0.15, 0.2) is 34.8 Å². The van der Waals surface area contributed by atoms with Crippen LogP contribution < -0.4 is 14.8 Å². The van der Waals surface area contributed by atoms with Gasteiger partial charge in [0.25, 0.3) is 0 Å². The van der Waals surface area contributed by atoms with Gasteiger partial charge in [0.1, 0.15) is 0 Å². The largest absolute Gasteiger partial charge is 0.454 e. The van der Waals surface area contributed by atoms with Gasteiger partial charge in [-0.1, -0.05) is 33.6 Å². The zero-order chi connectivity index (χ0) is 14.1. The van der Waals surface area contributed by atoms with Crippen molar-refractivity contribution in [3.8, 4) is 11.5 Å². The van der Waals surface area contributed by atoms with Gasteiger partial charge in [0.05, 0.1) is 10.7 Å². The van der Waals surface area contributed by atoms with E-state index in [0.29, 0.717) is 23.7 Å². The van der Waals surface area contributed by atoms with Crippen molar-refractivity contribution in [2.45, 2.75) is 6.54 Å². The minimum atomic E-state index is -0.453. The van der Waals surface area contributed by atoms with E-state index in [0.717, 1.165) is 10.0 Å². The molecule has 1 aliphatic rings. The quantitative estimate of drug-likeness (QED) is 0.871. The van der Waals surface area contributed by atoms with Gasteiger partial charge in [-0.25, -0.2) is 4.39 Å². The Hall–Kier alpha value is -1.46. The fraction of sp³-hybridized carbons (Fsp3) is 0.143. The maximum atomic E-state index is 13.8. The number of benzene rings is 2. The fourth-order valence-electron chi connectivity index (χ4n) is 1.93. The van der Waals surface area contributed by atoms with E-state index < -0.39 is 5.82 Å². The van der Waals surface area contributed by atoms with E-state index in [9.17, 15) is 4.39 Å². The van der Waals surface area contributed by atoms with Crippen LogP contribution in [0.3, 0.4) is 0 Å². The molecule has 1 heterocycles. The molecule has 0 aliphatic carbocycles. The first-order valence-corrected chi connectivity index (χ1v) is 7.08. The predicted molar refractivity (Wildman–Crippen MR) is 79.0 cm³/mol. The lowest BCUT2D eigenvalue weighted by molar-refractivity contribution is 0.174. The summed E-state index contributed by atoms with van der Waals surface area (Å²) < 4.78 is 25.3. The monoisotopic (exact) mass is 357 g/mol. The van der Waals surface area contributed by atoms with Crippen molar-refractivity contribution >= 4 is 33.2 Å². The second kappa shape index (κ2) is 5.50. The van der Waals surface area contributed by atoms with Crippen molar-refractivity contribution < 1.29 is 13.9 Å². The molecule has 0 bridgehead atoms. The van der Waals surface area contributed by atoms with Crippen LogP contribution in [-0.2, 0) is 6.54 Å². The van der Waals surface area contributed by atoms with Crippen molar-refractivity contribution in [3.05, 3.63) is 51.2 Å². The van der Waals surface area contributed by atoms with Crippen LogP contribution in [0.2, 0.25) is 5.02 Å². The van der Waals surface area contributed by atoms with Crippen molar-refractivity contribution in [2.75, 3.05) is 12.1 Å². The molecule has 1 N–H and O–H groups in total. The Balaban J connectivity index is 1.80. The summed E-state index contributed by atoms with van der Waals surface area (Å²) in [7, 11) is 0. The number of halogens is 3. The summed E-state index contributed by atoms with van der Waals surface area (Å²) in [5.41, 5.74) is 1.30. The summed E-state index contributed by atoms with van der Waals surface area (Å²) in [6.45, 7) is 0.663. The van der Waals surface area contributed by atoms with Gasteiger partial charge in [0.2, 0.25) is 6.79 Å². The molecule has 0 radical (unpaired) electrons. The highest BCUT2D eigenvalue weighted by Gasteiger charge is 2.16. The minimum absolute atomic E-state index is 0.0970. The number of hydrogen-bond acceptors (Lipinski definition) is 3. The van der Waals surface area contributed by atoms with Crippen molar-refractivity contribution in [1.82, 2.24) is 0 Å². The van der Waals surface area contributed by atoms with Crippen LogP contribution in [0.5, 0.6) is 11.5 Å². The van der Waals surface area contributed by atoms with Crippen LogP contribution in [0.4, 0.5) is 10.1 Å². The molecule has 0 saturated heterocycles. The maximum Gasteiger partial charge on any atom is 0.231 e. The summed E-state index contributed by atoms with van der Waals surface area (Å²) in [6.07, 6.45) is 0. The first-order chi connectivity index (χ1) is 9.65. The molecule has 20 heavy (non-hydrogen) atoms. The van der Waals surface area contributed by atoms with Crippen molar-refractivity contribution in [1.29, 1.82) is 0 Å². The number of ether oxygens (including phenoxy) is 2. The van der Waals surface area contributed by atoms with Gasteiger partial charge in [-0.2, -0.15) is 0 Å². The normalized spacial score (nSPS) is 12.6. The molecule has 0 fully saturated rings. The van der Waals surface area contributed by atoms with E-state index in [-0.39, 0.29) is 11.8 Å². The molecular weight excluding hydrogens is 349 g/mol. The maximum absolute atomic E-state index is 13.8. The zero-order valence-electron chi connectivity index (χ0n) is 10.3. The van der Waals surface area contributed by atoms with Crippen molar-refractivity contribution in [3.63, 3.8) is 0 Å². The average molecular weight is 359 g/mol. The average Bonchev–Trinajstić information content (AvgIpc) is 2.87. The van der Waals surface area contributed by atoms with Gasteiger partial charge in [0, 0.05) is 11.0 Å². The Labute approximate surface area is 128 Å². The van der Waals surface area contributed by atoms with Gasteiger partial charge >= 0.3 is 0 Å². The molecule has 0 aromatic heterocycles. The van der Waals surface area contributed by atoms with E-state index in [1.54, 1.807) is 12.1 Å².